The molecule has 0 spiro atoms. The van der Waals surface area contributed by atoms with E-state index in [1.807, 2.05) is 13.8 Å². The summed E-state index contributed by atoms with van der Waals surface area (Å²) in [5, 5.41) is 0. The highest BCUT2D eigenvalue weighted by Gasteiger charge is 2.04. The molecular weight excluding hydrogens is 138 g/mol. The highest BCUT2D eigenvalue weighted by Crippen LogP contribution is 2.06. The second kappa shape index (κ2) is 3.44. The van der Waals surface area contributed by atoms with E-state index in [9.17, 15) is 0 Å². The number of aryl methyl sites for hydroxylation is 1. The average Bonchev–Trinajstić information content (AvgIpc) is 2.05. The topological polar surface area (TPSA) is 51.8 Å². The Kier molecular flexibility index (Phi) is 2.54. The molecule has 2 N–H and O–H groups in total. The van der Waals surface area contributed by atoms with Crippen LogP contribution in [0.1, 0.15) is 30.8 Å². The molecule has 0 fully saturated rings. The van der Waals surface area contributed by atoms with Gasteiger partial charge in [0.15, 0.2) is 0 Å². The van der Waals surface area contributed by atoms with Crippen molar-refractivity contribution < 1.29 is 0 Å². The fraction of sp³-hybridized carbons (Fsp3) is 0.500. The Labute approximate surface area is 66.7 Å². The molecule has 0 aliphatic heterocycles. The van der Waals surface area contributed by atoms with Crippen molar-refractivity contribution in [3.05, 3.63) is 23.8 Å². The zero-order valence-corrected chi connectivity index (χ0v) is 6.91. The van der Waals surface area contributed by atoms with Gasteiger partial charge in [0.05, 0.1) is 6.04 Å². The lowest BCUT2D eigenvalue weighted by molar-refractivity contribution is 0.647. The predicted octanol–water partition coefficient (Wildman–Crippen LogP) is 1.19. The molecule has 1 heterocycles. The van der Waals surface area contributed by atoms with Gasteiger partial charge in [0, 0.05) is 12.4 Å². The van der Waals surface area contributed by atoms with Gasteiger partial charge in [-0.2, -0.15) is 0 Å². The zero-order valence-electron chi connectivity index (χ0n) is 6.91. The molecule has 1 aromatic rings. The third-order valence-electron chi connectivity index (χ3n) is 1.57. The summed E-state index contributed by atoms with van der Waals surface area (Å²) in [5.74, 6) is 0.734. The highest BCUT2D eigenvalue weighted by molar-refractivity contribution is 5.03. The lowest BCUT2D eigenvalue weighted by Gasteiger charge is -2.05. The van der Waals surface area contributed by atoms with Crippen LogP contribution in [-0.4, -0.2) is 9.97 Å². The normalized spacial score (nSPS) is 13.0. The van der Waals surface area contributed by atoms with Crippen molar-refractivity contribution in [1.29, 1.82) is 0 Å². The van der Waals surface area contributed by atoms with E-state index in [0.717, 1.165) is 17.8 Å². The molecular formula is C8H13N3. The van der Waals surface area contributed by atoms with Gasteiger partial charge >= 0.3 is 0 Å². The molecule has 0 unspecified atom stereocenters. The summed E-state index contributed by atoms with van der Waals surface area (Å²) in [7, 11) is 0. The first-order chi connectivity index (χ1) is 5.24. The summed E-state index contributed by atoms with van der Waals surface area (Å²) in [6.45, 7) is 3.98. The molecule has 0 amide bonds. The van der Waals surface area contributed by atoms with Crippen molar-refractivity contribution in [1.82, 2.24) is 9.97 Å². The zero-order chi connectivity index (χ0) is 8.27. The Morgan fingerprint density at radius 3 is 2.45 bits per heavy atom. The van der Waals surface area contributed by atoms with Gasteiger partial charge in [0.1, 0.15) is 5.82 Å². The maximum absolute atomic E-state index is 5.72. The first-order valence-electron chi connectivity index (χ1n) is 3.78. The molecule has 3 heteroatoms. The van der Waals surface area contributed by atoms with Gasteiger partial charge < -0.3 is 5.73 Å². The SMILES string of the molecule is CC[C@@H](N)c1ncc(C)cn1. The highest BCUT2D eigenvalue weighted by atomic mass is 14.9. The molecule has 3 nitrogen and oxygen atoms in total. The van der Waals surface area contributed by atoms with Crippen LogP contribution in [0.2, 0.25) is 0 Å². The number of hydrogen-bond donors (Lipinski definition) is 1. The number of aromatic nitrogens is 2. The molecule has 1 atom stereocenters. The minimum absolute atomic E-state index is 0.0180. The fourth-order valence-corrected chi connectivity index (χ4v) is 0.777. The summed E-state index contributed by atoms with van der Waals surface area (Å²) >= 11 is 0. The van der Waals surface area contributed by atoms with Crippen LogP contribution < -0.4 is 5.73 Å². The Morgan fingerprint density at radius 1 is 1.45 bits per heavy atom. The lowest BCUT2D eigenvalue weighted by atomic mass is 10.2. The van der Waals surface area contributed by atoms with E-state index in [0.29, 0.717) is 0 Å². The van der Waals surface area contributed by atoms with Crippen molar-refractivity contribution in [2.24, 2.45) is 5.73 Å². The first-order valence-corrected chi connectivity index (χ1v) is 3.78. The lowest BCUT2D eigenvalue weighted by Crippen LogP contribution is -2.12. The minimum Gasteiger partial charge on any atom is -0.321 e. The smallest absolute Gasteiger partial charge is 0.144 e. The van der Waals surface area contributed by atoms with Crippen molar-refractivity contribution in [2.45, 2.75) is 26.3 Å². The van der Waals surface area contributed by atoms with E-state index in [-0.39, 0.29) is 6.04 Å². The third-order valence-corrected chi connectivity index (χ3v) is 1.57. The van der Waals surface area contributed by atoms with Crippen molar-refractivity contribution in [3.63, 3.8) is 0 Å². The van der Waals surface area contributed by atoms with E-state index in [1.165, 1.54) is 0 Å². The van der Waals surface area contributed by atoms with E-state index in [2.05, 4.69) is 9.97 Å². The standard InChI is InChI=1S/C8H13N3/c1-3-7(9)8-10-4-6(2)5-11-8/h4-5,7H,3,9H2,1-2H3/t7-/m1/s1. The van der Waals surface area contributed by atoms with Gasteiger partial charge in [-0.25, -0.2) is 9.97 Å². The third kappa shape index (κ3) is 1.98. The van der Waals surface area contributed by atoms with Gasteiger partial charge in [0.2, 0.25) is 0 Å². The molecule has 0 radical (unpaired) electrons. The van der Waals surface area contributed by atoms with Crippen molar-refractivity contribution in [2.75, 3.05) is 0 Å². The van der Waals surface area contributed by atoms with E-state index < -0.39 is 0 Å². The fourth-order valence-electron chi connectivity index (χ4n) is 0.777. The molecule has 0 aliphatic carbocycles. The minimum atomic E-state index is -0.0180. The monoisotopic (exact) mass is 151 g/mol. The van der Waals surface area contributed by atoms with Gasteiger partial charge in [-0.05, 0) is 18.9 Å². The number of nitrogens with two attached hydrogens (primary N) is 1. The maximum atomic E-state index is 5.72. The van der Waals surface area contributed by atoms with Crippen LogP contribution in [0.15, 0.2) is 12.4 Å². The summed E-state index contributed by atoms with van der Waals surface area (Å²) in [6, 6.07) is -0.0180. The Morgan fingerprint density at radius 2 is 2.00 bits per heavy atom. The summed E-state index contributed by atoms with van der Waals surface area (Å²) in [5.41, 5.74) is 6.79. The Hall–Kier alpha value is -0.960. The summed E-state index contributed by atoms with van der Waals surface area (Å²) < 4.78 is 0. The molecule has 0 aliphatic rings. The Balaban J connectivity index is 2.81. The number of rotatable bonds is 2. The van der Waals surface area contributed by atoms with E-state index in [1.54, 1.807) is 12.4 Å². The van der Waals surface area contributed by atoms with Crippen LogP contribution in [0.4, 0.5) is 0 Å². The Bertz CT molecular complexity index is 217. The number of hydrogen-bond acceptors (Lipinski definition) is 3. The van der Waals surface area contributed by atoms with Gasteiger partial charge in [-0.1, -0.05) is 6.92 Å². The van der Waals surface area contributed by atoms with E-state index in [4.69, 9.17) is 5.73 Å². The molecule has 1 rings (SSSR count). The van der Waals surface area contributed by atoms with E-state index >= 15 is 0 Å². The van der Waals surface area contributed by atoms with Crippen LogP contribution in [0.5, 0.6) is 0 Å². The molecule has 0 aromatic carbocycles. The average molecular weight is 151 g/mol. The van der Waals surface area contributed by atoms with Crippen LogP contribution >= 0.6 is 0 Å². The molecule has 60 valence electrons. The molecule has 0 bridgehead atoms. The predicted molar refractivity (Wildman–Crippen MR) is 44.0 cm³/mol. The van der Waals surface area contributed by atoms with Gasteiger partial charge in [0.25, 0.3) is 0 Å². The van der Waals surface area contributed by atoms with Crippen LogP contribution in [0.25, 0.3) is 0 Å². The molecule has 0 saturated carbocycles. The summed E-state index contributed by atoms with van der Waals surface area (Å²) in [6.07, 6.45) is 4.46. The quantitative estimate of drug-likeness (QED) is 0.690. The van der Waals surface area contributed by atoms with Gasteiger partial charge in [-0.15, -0.1) is 0 Å². The molecule has 0 saturated heterocycles. The maximum Gasteiger partial charge on any atom is 0.144 e. The second-order valence-corrected chi connectivity index (χ2v) is 2.63. The van der Waals surface area contributed by atoms with Crippen LogP contribution in [0, 0.1) is 6.92 Å². The van der Waals surface area contributed by atoms with Crippen LogP contribution in [0.3, 0.4) is 0 Å². The van der Waals surface area contributed by atoms with Crippen molar-refractivity contribution in [3.8, 4) is 0 Å². The second-order valence-electron chi connectivity index (χ2n) is 2.63. The molecule has 1 aromatic heterocycles. The summed E-state index contributed by atoms with van der Waals surface area (Å²) in [4.78, 5) is 8.23. The first kappa shape index (κ1) is 8.14. The largest absolute Gasteiger partial charge is 0.321 e. The van der Waals surface area contributed by atoms with Crippen molar-refractivity contribution >= 4 is 0 Å². The molecule has 11 heavy (non-hydrogen) atoms. The number of nitrogens with zero attached hydrogens (tertiary/aromatic N) is 2. The van der Waals surface area contributed by atoms with Gasteiger partial charge in [-0.3, -0.25) is 0 Å². The van der Waals surface area contributed by atoms with Crippen LogP contribution in [-0.2, 0) is 0 Å².